The summed E-state index contributed by atoms with van der Waals surface area (Å²) in [6.45, 7) is 1.02. The summed E-state index contributed by atoms with van der Waals surface area (Å²) in [4.78, 5) is 1.99. The summed E-state index contributed by atoms with van der Waals surface area (Å²) >= 11 is 0. The quantitative estimate of drug-likeness (QED) is 0.356. The van der Waals surface area contributed by atoms with E-state index < -0.39 is 0 Å². The third-order valence-electron chi connectivity index (χ3n) is 1.49. The summed E-state index contributed by atoms with van der Waals surface area (Å²) < 4.78 is 0. The molecule has 4 heteroatoms. The molecule has 1 rings (SSSR count). The Kier molecular flexibility index (Phi) is 1.63. The first-order valence-electron chi connectivity index (χ1n) is 2.96. The molecular formula is C5H9N4+. The first kappa shape index (κ1) is 6.02. The van der Waals surface area contributed by atoms with Crippen molar-refractivity contribution in [2.75, 3.05) is 13.6 Å². The van der Waals surface area contributed by atoms with Gasteiger partial charge in [-0.15, -0.1) is 0 Å². The zero-order valence-electron chi connectivity index (χ0n) is 5.41. The Morgan fingerprint density at radius 1 is 1.78 bits per heavy atom. The van der Waals surface area contributed by atoms with Gasteiger partial charge < -0.3 is 4.90 Å². The minimum atomic E-state index is 0.873. The zero-order chi connectivity index (χ0) is 6.69. The van der Waals surface area contributed by atoms with Crippen LogP contribution in [-0.2, 0) is 0 Å². The Labute approximate surface area is 53.8 Å². The molecule has 0 aromatic carbocycles. The van der Waals surface area contributed by atoms with Crippen LogP contribution in [0.25, 0.3) is 5.08 Å². The van der Waals surface area contributed by atoms with Crippen molar-refractivity contribution in [2.24, 2.45) is 5.10 Å². The molecule has 0 spiro atoms. The van der Waals surface area contributed by atoms with Crippen molar-refractivity contribution in [1.82, 2.24) is 4.90 Å². The predicted molar refractivity (Wildman–Crippen MR) is 34.4 cm³/mol. The van der Waals surface area contributed by atoms with Gasteiger partial charge in [0, 0.05) is 20.0 Å². The highest BCUT2D eigenvalue weighted by atomic mass is 15.3. The monoisotopic (exact) mass is 125 g/mol. The first-order valence-corrected chi connectivity index (χ1v) is 2.96. The van der Waals surface area contributed by atoms with Crippen molar-refractivity contribution in [3.05, 3.63) is 5.08 Å². The molecule has 0 amide bonds. The van der Waals surface area contributed by atoms with Gasteiger partial charge in [0.15, 0.2) is 10.9 Å². The largest absolute Gasteiger partial charge is 0.357 e. The molecule has 1 heterocycles. The summed E-state index contributed by atoms with van der Waals surface area (Å²) in [7, 11) is 1.94. The van der Waals surface area contributed by atoms with Crippen LogP contribution in [0.2, 0.25) is 0 Å². The molecule has 0 N–H and O–H groups in total. The van der Waals surface area contributed by atoms with E-state index in [0.29, 0.717) is 0 Å². The van der Waals surface area contributed by atoms with Crippen molar-refractivity contribution in [1.29, 1.82) is 5.39 Å². The minimum absolute atomic E-state index is 0.873. The molecule has 1 aliphatic heterocycles. The Bertz CT molecular complexity index is 166. The number of diazo groups is 1. The predicted octanol–water partition coefficient (Wildman–Crippen LogP) is 0.879. The van der Waals surface area contributed by atoms with E-state index in [1.807, 2.05) is 11.9 Å². The number of nitrogens with zero attached hydrogens (tertiary/aromatic N) is 4. The van der Waals surface area contributed by atoms with Gasteiger partial charge in [-0.25, -0.2) is 0 Å². The maximum absolute atomic E-state index is 8.06. The highest BCUT2D eigenvalue weighted by Crippen LogP contribution is 2.08. The molecule has 0 aromatic rings. The van der Waals surface area contributed by atoms with Crippen LogP contribution in [0.4, 0.5) is 0 Å². The van der Waals surface area contributed by atoms with Gasteiger partial charge >= 0.3 is 5.08 Å². The van der Waals surface area contributed by atoms with Gasteiger partial charge in [0.2, 0.25) is 0 Å². The SMILES string of the molecule is CN1CCCC1=N[N+]#N. The van der Waals surface area contributed by atoms with Crippen LogP contribution in [-0.4, -0.2) is 24.3 Å². The maximum atomic E-state index is 8.06. The third-order valence-corrected chi connectivity index (χ3v) is 1.49. The lowest BCUT2D eigenvalue weighted by atomic mass is 10.4. The lowest BCUT2D eigenvalue weighted by Crippen LogP contribution is -2.18. The van der Waals surface area contributed by atoms with E-state index in [4.69, 9.17) is 5.39 Å². The topological polar surface area (TPSA) is 43.8 Å². The Morgan fingerprint density at radius 2 is 2.56 bits per heavy atom. The minimum Gasteiger partial charge on any atom is -0.357 e. The van der Waals surface area contributed by atoms with Crippen molar-refractivity contribution in [2.45, 2.75) is 12.8 Å². The van der Waals surface area contributed by atoms with Crippen LogP contribution in [0, 0.1) is 5.39 Å². The number of likely N-dealkylation sites (tertiary alicyclic amines) is 1. The second-order valence-corrected chi connectivity index (χ2v) is 2.13. The van der Waals surface area contributed by atoms with E-state index in [0.717, 1.165) is 25.2 Å². The lowest BCUT2D eigenvalue weighted by molar-refractivity contribution is 0.549. The van der Waals surface area contributed by atoms with Crippen LogP contribution < -0.4 is 0 Å². The van der Waals surface area contributed by atoms with Crippen LogP contribution in [0.1, 0.15) is 12.8 Å². The number of rotatable bonds is 0. The van der Waals surface area contributed by atoms with Crippen molar-refractivity contribution >= 4 is 5.84 Å². The standard InChI is InChI=1S/C5H9N4/c1-9-4-2-3-5(9)7-8-6/h2-4H2,1H3/q+1. The molecule has 4 nitrogen and oxygen atoms in total. The number of hydrogen-bond acceptors (Lipinski definition) is 2. The highest BCUT2D eigenvalue weighted by Gasteiger charge is 2.17. The molecule has 1 aliphatic rings. The Balaban J connectivity index is 2.62. The molecule has 0 bridgehead atoms. The smallest absolute Gasteiger partial charge is 0.340 e. The Hall–Kier alpha value is -1.11. The summed E-state index contributed by atoms with van der Waals surface area (Å²) in [6, 6.07) is 0. The summed E-state index contributed by atoms with van der Waals surface area (Å²) in [5.74, 6) is 0.873. The second-order valence-electron chi connectivity index (χ2n) is 2.13. The Morgan fingerprint density at radius 3 is 3.00 bits per heavy atom. The second kappa shape index (κ2) is 2.44. The average Bonchev–Trinajstić information content (AvgIpc) is 2.18. The highest BCUT2D eigenvalue weighted by molar-refractivity contribution is 5.83. The summed E-state index contributed by atoms with van der Waals surface area (Å²) in [5.41, 5.74) is 0. The van der Waals surface area contributed by atoms with Gasteiger partial charge in [0.25, 0.3) is 5.39 Å². The van der Waals surface area contributed by atoms with Crippen molar-refractivity contribution < 1.29 is 0 Å². The molecule has 0 atom stereocenters. The van der Waals surface area contributed by atoms with Crippen LogP contribution in [0.3, 0.4) is 0 Å². The van der Waals surface area contributed by atoms with Crippen LogP contribution in [0.15, 0.2) is 5.10 Å². The molecule has 1 saturated heterocycles. The van der Waals surface area contributed by atoms with E-state index in [1.165, 1.54) is 0 Å². The van der Waals surface area contributed by atoms with Crippen LogP contribution in [0.5, 0.6) is 0 Å². The van der Waals surface area contributed by atoms with E-state index in [2.05, 4.69) is 10.2 Å². The normalized spacial score (nSPS) is 22.7. The van der Waals surface area contributed by atoms with Crippen LogP contribution >= 0.6 is 0 Å². The third kappa shape index (κ3) is 1.17. The maximum Gasteiger partial charge on any atom is 0.340 e. The van der Waals surface area contributed by atoms with Crippen molar-refractivity contribution in [3.63, 3.8) is 0 Å². The van der Waals surface area contributed by atoms with Gasteiger partial charge in [-0.05, 0) is 6.42 Å². The summed E-state index contributed by atoms with van der Waals surface area (Å²) in [5, 5.41) is 14.3. The van der Waals surface area contributed by atoms with Crippen molar-refractivity contribution in [3.8, 4) is 0 Å². The molecule has 0 radical (unpaired) electrons. The average molecular weight is 125 g/mol. The fourth-order valence-corrected chi connectivity index (χ4v) is 0.972. The molecule has 1 fully saturated rings. The molecule has 0 saturated carbocycles. The lowest BCUT2D eigenvalue weighted by Gasteiger charge is -2.04. The van der Waals surface area contributed by atoms with E-state index in [9.17, 15) is 0 Å². The molecule has 9 heavy (non-hydrogen) atoms. The van der Waals surface area contributed by atoms with E-state index in [-0.39, 0.29) is 0 Å². The molecule has 48 valence electrons. The van der Waals surface area contributed by atoms with Gasteiger partial charge in [0.05, 0.1) is 0 Å². The van der Waals surface area contributed by atoms with E-state index >= 15 is 0 Å². The molecule has 0 unspecified atom stereocenters. The fraction of sp³-hybridized carbons (Fsp3) is 0.800. The molecule has 0 aromatic heterocycles. The molecule has 0 aliphatic carbocycles. The van der Waals surface area contributed by atoms with Gasteiger partial charge in [-0.1, -0.05) is 0 Å². The number of hydrogen-bond donors (Lipinski definition) is 0. The van der Waals surface area contributed by atoms with Gasteiger partial charge in [0.1, 0.15) is 0 Å². The van der Waals surface area contributed by atoms with Gasteiger partial charge in [-0.3, -0.25) is 0 Å². The molecular weight excluding hydrogens is 116 g/mol. The first-order chi connectivity index (χ1) is 4.34. The summed E-state index contributed by atoms with van der Waals surface area (Å²) in [6.07, 6.45) is 2.05. The fourth-order valence-electron chi connectivity index (χ4n) is 0.972. The van der Waals surface area contributed by atoms with E-state index in [1.54, 1.807) is 0 Å². The zero-order valence-corrected chi connectivity index (χ0v) is 5.41. The number of amidine groups is 1. The van der Waals surface area contributed by atoms with Gasteiger partial charge in [-0.2, -0.15) is 0 Å².